The summed E-state index contributed by atoms with van der Waals surface area (Å²) in [4.78, 5) is 19.0. The number of fused-ring (bicyclic) bond motifs is 1. The van der Waals surface area contributed by atoms with Crippen molar-refractivity contribution in [1.82, 2.24) is 14.5 Å². The Balaban J connectivity index is 1.39. The Hall–Kier alpha value is -2.51. The highest BCUT2D eigenvalue weighted by atomic mass is 32.1. The molecule has 1 aliphatic rings. The van der Waals surface area contributed by atoms with Crippen molar-refractivity contribution in [2.45, 2.75) is 19.5 Å². The van der Waals surface area contributed by atoms with Gasteiger partial charge in [-0.1, -0.05) is 0 Å². The molecule has 1 amide bonds. The van der Waals surface area contributed by atoms with Crippen molar-refractivity contribution in [2.24, 2.45) is 0 Å². The lowest BCUT2D eigenvalue weighted by molar-refractivity contribution is -0.118. The van der Waals surface area contributed by atoms with Gasteiger partial charge in [-0.05, 0) is 43.3 Å². The second-order valence-corrected chi connectivity index (χ2v) is 7.22. The van der Waals surface area contributed by atoms with Gasteiger partial charge in [-0.25, -0.2) is 9.37 Å². The number of aromatic nitrogens is 2. The van der Waals surface area contributed by atoms with Crippen LogP contribution in [0.5, 0.6) is 0 Å². The summed E-state index contributed by atoms with van der Waals surface area (Å²) >= 11 is 1.37. The molecule has 3 aromatic rings. The molecule has 1 unspecified atom stereocenters. The van der Waals surface area contributed by atoms with Gasteiger partial charge in [0.25, 0.3) is 0 Å². The lowest BCUT2D eigenvalue weighted by atomic mass is 10.1. The molecule has 7 heteroatoms. The minimum atomic E-state index is -0.278. The molecule has 26 heavy (non-hydrogen) atoms. The third kappa shape index (κ3) is 3.40. The molecule has 0 fully saturated rings. The predicted octanol–water partition coefficient (Wildman–Crippen LogP) is 3.77. The molecule has 0 aliphatic carbocycles. The van der Waals surface area contributed by atoms with E-state index in [1.54, 1.807) is 12.1 Å². The summed E-state index contributed by atoms with van der Waals surface area (Å²) in [5.41, 5.74) is 2.79. The molecular weight excluding hydrogens is 351 g/mol. The average molecular weight is 370 g/mol. The number of rotatable bonds is 4. The van der Waals surface area contributed by atoms with E-state index in [1.165, 1.54) is 29.2 Å². The monoisotopic (exact) mass is 370 g/mol. The lowest BCUT2D eigenvalue weighted by Gasteiger charge is -2.34. The summed E-state index contributed by atoms with van der Waals surface area (Å²) in [5, 5.41) is 5.29. The van der Waals surface area contributed by atoms with Crippen LogP contribution in [0.3, 0.4) is 0 Å². The quantitative estimate of drug-likeness (QED) is 0.761. The van der Waals surface area contributed by atoms with E-state index in [1.807, 2.05) is 11.4 Å². The van der Waals surface area contributed by atoms with Crippen molar-refractivity contribution in [3.63, 3.8) is 0 Å². The number of thiazole rings is 1. The number of nitrogens with zero attached hydrogens (tertiary/aromatic N) is 3. The Morgan fingerprint density at radius 2 is 2.12 bits per heavy atom. The van der Waals surface area contributed by atoms with E-state index in [9.17, 15) is 9.18 Å². The first-order chi connectivity index (χ1) is 12.6. The van der Waals surface area contributed by atoms with E-state index < -0.39 is 0 Å². The zero-order chi connectivity index (χ0) is 18.1. The molecule has 134 valence electrons. The number of amides is 1. The number of benzene rings is 1. The predicted molar refractivity (Wildman–Crippen MR) is 101 cm³/mol. The number of anilines is 1. The summed E-state index contributed by atoms with van der Waals surface area (Å²) in [5.74, 6) is -0.351. The van der Waals surface area contributed by atoms with Crippen LogP contribution in [0.2, 0.25) is 0 Å². The fourth-order valence-corrected chi connectivity index (χ4v) is 4.01. The van der Waals surface area contributed by atoms with Crippen molar-refractivity contribution in [3.8, 4) is 11.3 Å². The van der Waals surface area contributed by atoms with Crippen LogP contribution in [0.1, 0.15) is 18.7 Å². The molecule has 1 atom stereocenters. The van der Waals surface area contributed by atoms with Crippen molar-refractivity contribution >= 4 is 22.4 Å². The fourth-order valence-electron chi connectivity index (χ4n) is 3.27. The molecule has 5 nitrogen and oxygen atoms in total. The van der Waals surface area contributed by atoms with Gasteiger partial charge in [-0.2, -0.15) is 0 Å². The van der Waals surface area contributed by atoms with Gasteiger partial charge < -0.3 is 9.88 Å². The van der Waals surface area contributed by atoms with Crippen LogP contribution in [0.25, 0.3) is 11.3 Å². The molecule has 0 bridgehead atoms. The normalized spacial score (nSPS) is 17.1. The molecular formula is C19H19FN4OS. The smallest absolute Gasteiger partial charge is 0.240 e. The number of carbonyl (C=O) groups excluding carboxylic acids is 1. The van der Waals surface area contributed by atoms with Crippen molar-refractivity contribution in [2.75, 3.05) is 18.4 Å². The van der Waals surface area contributed by atoms with Crippen molar-refractivity contribution in [1.29, 1.82) is 0 Å². The third-order valence-corrected chi connectivity index (χ3v) is 5.46. The standard InChI is InChI=1S/C19H19FN4OS/c1-13-17-3-2-8-23(17)9-10-24(13)11-18(25)22-19-21-16(12-26-19)14-4-6-15(20)7-5-14/h2-8,12-13H,9-11H2,1H3,(H,21,22,25). The van der Waals surface area contributed by atoms with Crippen LogP contribution in [0.15, 0.2) is 48.0 Å². The van der Waals surface area contributed by atoms with Gasteiger partial charge in [-0.3, -0.25) is 9.69 Å². The Bertz CT molecular complexity index is 918. The van der Waals surface area contributed by atoms with Crippen LogP contribution in [0.4, 0.5) is 9.52 Å². The number of hydrogen-bond acceptors (Lipinski definition) is 4. The number of halogens is 1. The topological polar surface area (TPSA) is 50.2 Å². The minimum Gasteiger partial charge on any atom is -0.349 e. The van der Waals surface area contributed by atoms with E-state index in [2.05, 4.69) is 39.0 Å². The molecule has 0 saturated heterocycles. The average Bonchev–Trinajstić information content (AvgIpc) is 3.28. The molecule has 1 aliphatic heterocycles. The van der Waals surface area contributed by atoms with Crippen LogP contribution in [0, 0.1) is 5.82 Å². The Morgan fingerprint density at radius 3 is 2.92 bits per heavy atom. The molecule has 2 aromatic heterocycles. The van der Waals surface area contributed by atoms with Crippen LogP contribution >= 0.6 is 11.3 Å². The molecule has 3 heterocycles. The second kappa shape index (κ2) is 7.01. The fraction of sp³-hybridized carbons (Fsp3) is 0.263. The number of carbonyl (C=O) groups is 1. The summed E-state index contributed by atoms with van der Waals surface area (Å²) in [7, 11) is 0. The van der Waals surface area contributed by atoms with Gasteiger partial charge in [-0.15, -0.1) is 11.3 Å². The highest BCUT2D eigenvalue weighted by molar-refractivity contribution is 7.14. The van der Waals surface area contributed by atoms with Gasteiger partial charge in [0.05, 0.1) is 12.2 Å². The maximum atomic E-state index is 13.0. The maximum absolute atomic E-state index is 13.0. The molecule has 1 N–H and O–H groups in total. The van der Waals surface area contributed by atoms with Crippen LogP contribution < -0.4 is 5.32 Å². The highest BCUT2D eigenvalue weighted by Crippen LogP contribution is 2.27. The highest BCUT2D eigenvalue weighted by Gasteiger charge is 2.25. The molecule has 0 saturated carbocycles. The second-order valence-electron chi connectivity index (χ2n) is 6.37. The molecule has 0 radical (unpaired) electrons. The summed E-state index contributed by atoms with van der Waals surface area (Å²) in [6, 6.07) is 10.5. The van der Waals surface area contributed by atoms with Crippen molar-refractivity contribution in [3.05, 3.63) is 59.5 Å². The number of nitrogens with one attached hydrogen (secondary N) is 1. The van der Waals surface area contributed by atoms with E-state index >= 15 is 0 Å². The summed E-state index contributed by atoms with van der Waals surface area (Å²) < 4.78 is 15.3. The first-order valence-electron chi connectivity index (χ1n) is 8.50. The van der Waals surface area contributed by atoms with Crippen LogP contribution in [-0.4, -0.2) is 33.4 Å². The van der Waals surface area contributed by atoms with E-state index in [-0.39, 0.29) is 17.8 Å². The summed E-state index contributed by atoms with van der Waals surface area (Å²) in [6.45, 7) is 4.19. The van der Waals surface area contributed by atoms with E-state index in [4.69, 9.17) is 0 Å². The van der Waals surface area contributed by atoms with Gasteiger partial charge in [0, 0.05) is 42.0 Å². The molecule has 4 rings (SSSR count). The SMILES string of the molecule is CC1c2cccn2CCN1CC(=O)Nc1nc(-c2ccc(F)cc2)cs1. The first kappa shape index (κ1) is 16.9. The Kier molecular flexibility index (Phi) is 4.57. The van der Waals surface area contributed by atoms with Gasteiger partial charge in [0.15, 0.2) is 5.13 Å². The van der Waals surface area contributed by atoms with Gasteiger partial charge in [0.2, 0.25) is 5.91 Å². The van der Waals surface area contributed by atoms with Gasteiger partial charge >= 0.3 is 0 Å². The first-order valence-corrected chi connectivity index (χ1v) is 9.38. The zero-order valence-corrected chi connectivity index (χ0v) is 15.2. The summed E-state index contributed by atoms with van der Waals surface area (Å²) in [6.07, 6.45) is 2.08. The largest absolute Gasteiger partial charge is 0.349 e. The Labute approximate surface area is 155 Å². The van der Waals surface area contributed by atoms with E-state index in [0.29, 0.717) is 11.7 Å². The molecule has 0 spiro atoms. The Morgan fingerprint density at radius 1 is 1.31 bits per heavy atom. The number of hydrogen-bond donors (Lipinski definition) is 1. The maximum Gasteiger partial charge on any atom is 0.240 e. The zero-order valence-electron chi connectivity index (χ0n) is 14.4. The minimum absolute atomic E-state index is 0.0723. The lowest BCUT2D eigenvalue weighted by Crippen LogP contribution is -2.41. The van der Waals surface area contributed by atoms with Gasteiger partial charge in [0.1, 0.15) is 5.82 Å². The van der Waals surface area contributed by atoms with Crippen LogP contribution in [-0.2, 0) is 11.3 Å². The molecule has 1 aromatic carbocycles. The van der Waals surface area contributed by atoms with Crippen molar-refractivity contribution < 1.29 is 9.18 Å². The van der Waals surface area contributed by atoms with E-state index in [0.717, 1.165) is 24.3 Å². The third-order valence-electron chi connectivity index (χ3n) is 4.71.